The van der Waals surface area contributed by atoms with E-state index in [4.69, 9.17) is 19.2 Å². The van der Waals surface area contributed by atoms with Crippen LogP contribution in [-0.2, 0) is 9.53 Å². The monoisotopic (exact) mass is 1020 g/mol. The van der Waals surface area contributed by atoms with Crippen LogP contribution in [0.1, 0.15) is 240 Å². The Bertz CT molecular complexity index is 2100. The van der Waals surface area contributed by atoms with Crippen LogP contribution in [0.3, 0.4) is 0 Å². The number of rotatable bonds is 33. The predicted molar refractivity (Wildman–Crippen MR) is 311 cm³/mol. The third kappa shape index (κ3) is 17.1. The van der Waals surface area contributed by atoms with Gasteiger partial charge in [-0.05, 0) is 182 Å². The van der Waals surface area contributed by atoms with Gasteiger partial charge in [-0.2, -0.15) is 0 Å². The van der Waals surface area contributed by atoms with Gasteiger partial charge in [0.05, 0.1) is 13.2 Å². The topological polar surface area (TPSA) is 57.1 Å². The lowest BCUT2D eigenvalue weighted by molar-refractivity contribution is -0.151. The summed E-state index contributed by atoms with van der Waals surface area (Å²) in [5.41, 5.74) is 4.73. The number of allylic oxidation sites excluding steroid dienone is 1. The minimum Gasteiger partial charge on any atom is -0.494 e. The fourth-order valence-corrected chi connectivity index (χ4v) is 15.3. The van der Waals surface area contributed by atoms with Gasteiger partial charge in [-0.25, -0.2) is 4.99 Å². The van der Waals surface area contributed by atoms with E-state index in [1.165, 1.54) is 158 Å². The molecule has 0 aliphatic heterocycles. The quantitative estimate of drug-likeness (QED) is 0.0264. The molecule has 2 aromatic carbocycles. The second kappa shape index (κ2) is 29.8. The molecule has 3 fully saturated rings. The van der Waals surface area contributed by atoms with Gasteiger partial charge in [0.1, 0.15) is 22.6 Å². The highest BCUT2D eigenvalue weighted by molar-refractivity contribution is 7.19. The summed E-state index contributed by atoms with van der Waals surface area (Å²) in [6.45, 7) is 16.5. The molecule has 0 saturated heterocycles. The van der Waals surface area contributed by atoms with E-state index in [1.54, 1.807) is 16.9 Å². The predicted octanol–water partition coefficient (Wildman–Crippen LogP) is 20.3. The Kier molecular flexibility index (Phi) is 23.4. The largest absolute Gasteiger partial charge is 0.494 e. The molecule has 0 radical (unpaired) electrons. The van der Waals surface area contributed by atoms with Crippen molar-refractivity contribution in [2.75, 3.05) is 13.2 Å². The number of carbonyl (C=O) groups is 1. The maximum absolute atomic E-state index is 13.0. The summed E-state index contributed by atoms with van der Waals surface area (Å²) in [5.74, 6) is 7.05. The first-order valence-electron chi connectivity index (χ1n) is 30.5. The number of esters is 1. The minimum atomic E-state index is 0.0315. The SMILES string of the molecule is CCCCCCCCCCCCOc1ccc(-c2ccc(/N=C/c3ccc(OCCCCCCCCCCC(=O)OC4CC[C@@]5(C)C(=CC[C@H]6[C@@H]7CC[C@H]([C@H](C)CCCC(C)C)[C@@]7(C)CC[C@@H]65)C4)cc3)s2)cc1. The molecule has 1 heterocycles. The Morgan fingerprint density at radius 2 is 1.29 bits per heavy atom. The molecule has 8 atom stereocenters. The Balaban J connectivity index is 0.687. The molecule has 0 bridgehead atoms. The Morgan fingerprint density at radius 3 is 1.93 bits per heavy atom. The second-order valence-corrected chi connectivity index (χ2v) is 25.7. The molecule has 3 aromatic rings. The van der Waals surface area contributed by atoms with E-state index in [0.29, 0.717) is 17.3 Å². The maximum atomic E-state index is 13.0. The Hall–Kier alpha value is -3.38. The van der Waals surface area contributed by atoms with Crippen LogP contribution < -0.4 is 9.47 Å². The van der Waals surface area contributed by atoms with E-state index < -0.39 is 0 Å². The van der Waals surface area contributed by atoms with Crippen molar-refractivity contribution in [1.82, 2.24) is 0 Å². The molecule has 5 nitrogen and oxygen atoms in total. The summed E-state index contributed by atoms with van der Waals surface area (Å²) in [7, 11) is 0. The first-order chi connectivity index (χ1) is 35.6. The molecule has 1 aromatic heterocycles. The molecule has 3 saturated carbocycles. The highest BCUT2D eigenvalue weighted by Gasteiger charge is 2.59. The van der Waals surface area contributed by atoms with Crippen molar-refractivity contribution in [3.8, 4) is 21.9 Å². The molecule has 0 amide bonds. The molecule has 4 aliphatic carbocycles. The summed E-state index contributed by atoms with van der Waals surface area (Å²) in [6, 6.07) is 21.0. The molecule has 73 heavy (non-hydrogen) atoms. The van der Waals surface area contributed by atoms with Gasteiger partial charge < -0.3 is 14.2 Å². The van der Waals surface area contributed by atoms with E-state index in [0.717, 1.165) is 109 Å². The van der Waals surface area contributed by atoms with E-state index in [9.17, 15) is 4.79 Å². The lowest BCUT2D eigenvalue weighted by atomic mass is 9.47. The molecule has 404 valence electrons. The van der Waals surface area contributed by atoms with Gasteiger partial charge in [-0.15, -0.1) is 11.3 Å². The van der Waals surface area contributed by atoms with Crippen LogP contribution in [0.2, 0.25) is 0 Å². The molecule has 0 N–H and O–H groups in total. The second-order valence-electron chi connectivity index (χ2n) is 24.6. The highest BCUT2D eigenvalue weighted by atomic mass is 32.1. The van der Waals surface area contributed by atoms with Crippen LogP contribution in [0.15, 0.2) is 77.3 Å². The van der Waals surface area contributed by atoms with E-state index >= 15 is 0 Å². The van der Waals surface area contributed by atoms with Crippen molar-refractivity contribution in [2.24, 2.45) is 51.3 Å². The van der Waals surface area contributed by atoms with Crippen molar-refractivity contribution < 1.29 is 19.0 Å². The van der Waals surface area contributed by atoms with Crippen LogP contribution >= 0.6 is 11.3 Å². The van der Waals surface area contributed by atoms with Gasteiger partial charge in [0, 0.05) is 23.9 Å². The van der Waals surface area contributed by atoms with Gasteiger partial charge in [-0.1, -0.05) is 169 Å². The number of aliphatic imine (C=N–C) groups is 1. The van der Waals surface area contributed by atoms with Crippen molar-refractivity contribution in [3.05, 3.63) is 77.9 Å². The first kappa shape index (κ1) is 57.3. The number of thiophene rings is 1. The van der Waals surface area contributed by atoms with Crippen molar-refractivity contribution in [2.45, 2.75) is 240 Å². The lowest BCUT2D eigenvalue weighted by Crippen LogP contribution is -2.51. The number of hydrogen-bond donors (Lipinski definition) is 0. The van der Waals surface area contributed by atoms with Crippen molar-refractivity contribution in [3.63, 3.8) is 0 Å². The molecule has 1 unspecified atom stereocenters. The summed E-state index contributed by atoms with van der Waals surface area (Å²) < 4.78 is 18.3. The molecule has 4 aliphatic rings. The first-order valence-corrected chi connectivity index (χ1v) is 31.4. The van der Waals surface area contributed by atoms with Crippen LogP contribution in [-0.4, -0.2) is 31.5 Å². The third-order valence-electron chi connectivity index (χ3n) is 18.8. The number of carbonyl (C=O) groups excluding carboxylic acids is 1. The van der Waals surface area contributed by atoms with Crippen LogP contribution in [0.4, 0.5) is 5.00 Å². The normalized spacial score (nSPS) is 25.0. The zero-order chi connectivity index (χ0) is 51.3. The fraction of sp³-hybridized carbons (Fsp3) is 0.701. The number of unbranched alkanes of at least 4 members (excludes halogenated alkanes) is 16. The smallest absolute Gasteiger partial charge is 0.306 e. The van der Waals surface area contributed by atoms with E-state index in [-0.39, 0.29) is 12.1 Å². The molecular weight excluding hydrogens is 915 g/mol. The summed E-state index contributed by atoms with van der Waals surface area (Å²) in [5, 5.41) is 0.994. The number of ether oxygens (including phenoxy) is 3. The van der Waals surface area contributed by atoms with Crippen LogP contribution in [0, 0.1) is 46.3 Å². The summed E-state index contributed by atoms with van der Waals surface area (Å²) >= 11 is 1.71. The van der Waals surface area contributed by atoms with Gasteiger partial charge in [0.25, 0.3) is 0 Å². The zero-order valence-electron chi connectivity index (χ0n) is 47.1. The average molecular weight is 1020 g/mol. The Labute approximate surface area is 449 Å². The van der Waals surface area contributed by atoms with Gasteiger partial charge >= 0.3 is 5.97 Å². The van der Waals surface area contributed by atoms with Crippen LogP contribution in [0.5, 0.6) is 11.5 Å². The lowest BCUT2D eigenvalue weighted by Gasteiger charge is -2.58. The highest BCUT2D eigenvalue weighted by Crippen LogP contribution is 2.67. The van der Waals surface area contributed by atoms with Gasteiger partial charge in [0.2, 0.25) is 0 Å². The third-order valence-corrected chi connectivity index (χ3v) is 19.9. The molecular formula is C67H101NO4S. The fourth-order valence-electron chi connectivity index (χ4n) is 14.5. The number of fused-ring (bicyclic) bond motifs is 5. The summed E-state index contributed by atoms with van der Waals surface area (Å²) in [6.07, 6.45) is 42.3. The molecule has 0 spiro atoms. The van der Waals surface area contributed by atoms with E-state index in [2.05, 4.69) is 108 Å². The molecule has 7 rings (SSSR count). The number of hydrogen-bond acceptors (Lipinski definition) is 6. The number of benzene rings is 2. The van der Waals surface area contributed by atoms with Gasteiger partial charge in [-0.3, -0.25) is 4.79 Å². The van der Waals surface area contributed by atoms with Crippen LogP contribution in [0.25, 0.3) is 10.4 Å². The van der Waals surface area contributed by atoms with E-state index in [1.807, 2.05) is 6.21 Å². The Morgan fingerprint density at radius 1 is 0.671 bits per heavy atom. The summed E-state index contributed by atoms with van der Waals surface area (Å²) in [4.78, 5) is 19.0. The average Bonchev–Trinajstić information content (AvgIpc) is 4.02. The zero-order valence-corrected chi connectivity index (χ0v) is 47.9. The number of nitrogens with zero attached hydrogens (tertiary/aromatic N) is 1. The van der Waals surface area contributed by atoms with Gasteiger partial charge in [0.15, 0.2) is 0 Å². The van der Waals surface area contributed by atoms with Crippen molar-refractivity contribution >= 4 is 28.5 Å². The molecule has 6 heteroatoms. The minimum absolute atomic E-state index is 0.0315. The van der Waals surface area contributed by atoms with Crippen molar-refractivity contribution in [1.29, 1.82) is 0 Å². The standard InChI is InChI=1S/C67H101NO4S/c1-7-8-9-10-11-12-14-17-20-24-48-71-57-36-31-54(32-37-57)63-41-42-64(73-63)68-50-53-29-34-56(35-30-53)70-47-23-21-18-15-13-16-19-22-28-65(69)72-58-43-45-66(5)55(49-58)33-38-59-61-40-39-60(52(4)27-25-26-51(2)3)67(61,6)46-44-62(59)66/h29-37,41-42,50-52,58-62H,7-28,38-40,43-49H2,1-6H3/b68-50+/t52-,58?,59+,60-,61+,62+,66+,67-/m1/s1. The maximum Gasteiger partial charge on any atom is 0.306 e.